The molecule has 25 heavy (non-hydrogen) atoms. The van der Waals surface area contributed by atoms with E-state index in [1.807, 2.05) is 19.0 Å². The van der Waals surface area contributed by atoms with Crippen LogP contribution in [0.4, 0.5) is 4.39 Å². The maximum atomic E-state index is 13.1. The summed E-state index contributed by atoms with van der Waals surface area (Å²) in [6, 6.07) is 4.06. The van der Waals surface area contributed by atoms with E-state index < -0.39 is 6.10 Å². The molecule has 1 saturated heterocycles. The lowest BCUT2D eigenvalue weighted by Gasteiger charge is -2.36. The van der Waals surface area contributed by atoms with E-state index in [9.17, 15) is 14.0 Å². The molecule has 1 aromatic rings. The van der Waals surface area contributed by atoms with Crippen LogP contribution in [-0.4, -0.2) is 79.4 Å². The number of carbonyl (C=O) groups is 2. The SMILES string of the molecule is C[C@H](Oc1ccc(F)cc1Br)C(=O)N1CCN(C(=O)CN(C)C)CC1. The van der Waals surface area contributed by atoms with Crippen molar-refractivity contribution < 1.29 is 18.7 Å². The molecule has 0 saturated carbocycles. The predicted octanol–water partition coefficient (Wildman–Crippen LogP) is 1.59. The molecule has 8 heteroatoms. The summed E-state index contributed by atoms with van der Waals surface area (Å²) >= 11 is 3.23. The molecule has 0 radical (unpaired) electrons. The minimum absolute atomic E-state index is 0.0663. The second-order valence-electron chi connectivity index (χ2n) is 6.28. The molecule has 0 unspecified atom stereocenters. The Kier molecular flexibility index (Phi) is 6.78. The van der Waals surface area contributed by atoms with Crippen molar-refractivity contribution in [3.8, 4) is 5.75 Å². The number of benzene rings is 1. The minimum atomic E-state index is -0.689. The van der Waals surface area contributed by atoms with Crippen molar-refractivity contribution >= 4 is 27.7 Å². The summed E-state index contributed by atoms with van der Waals surface area (Å²) in [7, 11) is 3.70. The van der Waals surface area contributed by atoms with E-state index in [4.69, 9.17) is 4.74 Å². The lowest BCUT2D eigenvalue weighted by Crippen LogP contribution is -2.54. The molecule has 138 valence electrons. The quantitative estimate of drug-likeness (QED) is 0.732. The molecule has 2 amide bonds. The van der Waals surface area contributed by atoms with Crippen LogP contribution in [0.15, 0.2) is 22.7 Å². The number of carbonyl (C=O) groups excluding carboxylic acids is 2. The van der Waals surface area contributed by atoms with Crippen LogP contribution in [0.25, 0.3) is 0 Å². The Bertz CT molecular complexity index is 634. The monoisotopic (exact) mass is 415 g/mol. The number of likely N-dealkylation sites (N-methyl/N-ethyl adjacent to an activating group) is 1. The average molecular weight is 416 g/mol. The summed E-state index contributed by atoms with van der Waals surface area (Å²) in [6.07, 6.45) is -0.689. The molecule has 0 spiro atoms. The second-order valence-corrected chi connectivity index (χ2v) is 7.13. The molecule has 1 atom stereocenters. The zero-order chi connectivity index (χ0) is 18.6. The number of nitrogens with zero attached hydrogens (tertiary/aromatic N) is 3. The third-order valence-corrected chi connectivity index (χ3v) is 4.56. The van der Waals surface area contributed by atoms with Gasteiger partial charge in [-0.25, -0.2) is 4.39 Å². The molecule has 1 aliphatic rings. The lowest BCUT2D eigenvalue weighted by molar-refractivity contribution is -0.144. The molecule has 0 bridgehead atoms. The van der Waals surface area contributed by atoms with Crippen LogP contribution in [0.3, 0.4) is 0 Å². The van der Waals surface area contributed by atoms with Crippen LogP contribution in [0, 0.1) is 5.82 Å². The summed E-state index contributed by atoms with van der Waals surface area (Å²) in [6.45, 7) is 4.04. The van der Waals surface area contributed by atoms with Crippen molar-refractivity contribution in [1.82, 2.24) is 14.7 Å². The molecule has 6 nitrogen and oxygen atoms in total. The Morgan fingerprint density at radius 2 is 1.84 bits per heavy atom. The molecule has 0 N–H and O–H groups in total. The smallest absolute Gasteiger partial charge is 0.263 e. The number of rotatable bonds is 5. The van der Waals surface area contributed by atoms with E-state index in [-0.39, 0.29) is 17.6 Å². The van der Waals surface area contributed by atoms with Crippen molar-refractivity contribution in [3.63, 3.8) is 0 Å². The highest BCUT2D eigenvalue weighted by Gasteiger charge is 2.28. The normalized spacial score (nSPS) is 16.1. The summed E-state index contributed by atoms with van der Waals surface area (Å²) in [5, 5.41) is 0. The first kappa shape index (κ1) is 19.7. The van der Waals surface area contributed by atoms with Gasteiger partial charge in [-0.2, -0.15) is 0 Å². The van der Waals surface area contributed by atoms with Gasteiger partial charge in [-0.1, -0.05) is 0 Å². The Hall–Kier alpha value is -1.67. The van der Waals surface area contributed by atoms with Gasteiger partial charge in [-0.3, -0.25) is 9.59 Å². The van der Waals surface area contributed by atoms with Crippen molar-refractivity contribution in [1.29, 1.82) is 0 Å². The highest BCUT2D eigenvalue weighted by atomic mass is 79.9. The molecular formula is C17H23BrFN3O3. The van der Waals surface area contributed by atoms with Crippen LogP contribution in [0.1, 0.15) is 6.92 Å². The highest BCUT2D eigenvalue weighted by Crippen LogP contribution is 2.26. The van der Waals surface area contributed by atoms with Gasteiger partial charge < -0.3 is 19.4 Å². The van der Waals surface area contributed by atoms with Crippen LogP contribution >= 0.6 is 15.9 Å². The zero-order valence-electron chi connectivity index (χ0n) is 14.7. The first-order valence-corrected chi connectivity index (χ1v) is 8.90. The van der Waals surface area contributed by atoms with Crippen LogP contribution in [0.2, 0.25) is 0 Å². The van der Waals surface area contributed by atoms with Gasteiger partial charge in [0.15, 0.2) is 6.10 Å². The van der Waals surface area contributed by atoms with Gasteiger partial charge in [0.2, 0.25) is 5.91 Å². The zero-order valence-corrected chi connectivity index (χ0v) is 16.3. The molecule has 0 aromatic heterocycles. The number of hydrogen-bond donors (Lipinski definition) is 0. The van der Waals surface area contributed by atoms with Gasteiger partial charge in [-0.05, 0) is 55.1 Å². The number of piperazine rings is 1. The van der Waals surface area contributed by atoms with Gasteiger partial charge in [0.05, 0.1) is 11.0 Å². The first-order chi connectivity index (χ1) is 11.8. The van der Waals surface area contributed by atoms with E-state index >= 15 is 0 Å². The summed E-state index contributed by atoms with van der Waals surface area (Å²) in [4.78, 5) is 29.9. The predicted molar refractivity (Wildman–Crippen MR) is 95.9 cm³/mol. The van der Waals surface area contributed by atoms with Gasteiger partial charge in [0, 0.05) is 26.2 Å². The molecule has 1 aliphatic heterocycles. The van der Waals surface area contributed by atoms with Crippen molar-refractivity contribution in [2.24, 2.45) is 0 Å². The van der Waals surface area contributed by atoms with E-state index in [1.165, 1.54) is 18.2 Å². The maximum Gasteiger partial charge on any atom is 0.263 e. The van der Waals surface area contributed by atoms with Crippen molar-refractivity contribution in [3.05, 3.63) is 28.5 Å². The Morgan fingerprint density at radius 3 is 2.40 bits per heavy atom. The molecule has 0 aliphatic carbocycles. The standard InChI is InChI=1S/C17H23BrFN3O3/c1-12(25-15-5-4-13(19)10-14(15)18)17(24)22-8-6-21(7-9-22)16(23)11-20(2)3/h4-5,10,12H,6-9,11H2,1-3H3/t12-/m0/s1. The van der Waals surface area contributed by atoms with Crippen LogP contribution in [0.5, 0.6) is 5.75 Å². The largest absolute Gasteiger partial charge is 0.480 e. The fraction of sp³-hybridized carbons (Fsp3) is 0.529. The van der Waals surface area contributed by atoms with E-state index in [1.54, 1.807) is 16.7 Å². The molecule has 1 heterocycles. The number of ether oxygens (including phenoxy) is 1. The van der Waals surface area contributed by atoms with Crippen molar-refractivity contribution in [2.75, 3.05) is 46.8 Å². The van der Waals surface area contributed by atoms with Crippen molar-refractivity contribution in [2.45, 2.75) is 13.0 Å². The second kappa shape index (κ2) is 8.62. The number of amides is 2. The average Bonchev–Trinajstić information content (AvgIpc) is 2.56. The molecule has 2 rings (SSSR count). The van der Waals surface area contributed by atoms with E-state index in [2.05, 4.69) is 15.9 Å². The van der Waals surface area contributed by atoms with Gasteiger partial charge in [-0.15, -0.1) is 0 Å². The van der Waals surface area contributed by atoms with E-state index in [0.717, 1.165) is 0 Å². The van der Waals surface area contributed by atoms with Gasteiger partial charge in [0.25, 0.3) is 5.91 Å². The number of hydrogen-bond acceptors (Lipinski definition) is 4. The van der Waals surface area contributed by atoms with Gasteiger partial charge in [0.1, 0.15) is 11.6 Å². The fourth-order valence-electron chi connectivity index (χ4n) is 2.62. The Morgan fingerprint density at radius 1 is 1.24 bits per heavy atom. The molecular weight excluding hydrogens is 393 g/mol. The van der Waals surface area contributed by atoms with Crippen LogP contribution < -0.4 is 4.74 Å². The molecule has 1 fully saturated rings. The van der Waals surface area contributed by atoms with Crippen LogP contribution in [-0.2, 0) is 9.59 Å². The lowest BCUT2D eigenvalue weighted by atomic mass is 10.2. The third-order valence-electron chi connectivity index (χ3n) is 3.94. The first-order valence-electron chi connectivity index (χ1n) is 8.11. The maximum absolute atomic E-state index is 13.1. The summed E-state index contributed by atoms with van der Waals surface area (Å²) in [5.41, 5.74) is 0. The van der Waals surface area contributed by atoms with E-state index in [0.29, 0.717) is 42.9 Å². The summed E-state index contributed by atoms with van der Waals surface area (Å²) < 4.78 is 19.2. The highest BCUT2D eigenvalue weighted by molar-refractivity contribution is 9.10. The Labute approximate surface area is 155 Å². The Balaban J connectivity index is 1.88. The molecule has 1 aromatic carbocycles. The minimum Gasteiger partial charge on any atom is -0.480 e. The topological polar surface area (TPSA) is 53.1 Å². The van der Waals surface area contributed by atoms with Gasteiger partial charge >= 0.3 is 0 Å². The third kappa shape index (κ3) is 5.40. The fourth-order valence-corrected chi connectivity index (χ4v) is 3.06. The summed E-state index contributed by atoms with van der Waals surface area (Å²) in [5.74, 6) is -0.0358. The number of halogens is 2.